The maximum absolute atomic E-state index is 11.8. The Morgan fingerprint density at radius 2 is 1.81 bits per heavy atom. The molecular formula is C21H20ClN3O. The first kappa shape index (κ1) is 16.9. The molecule has 5 heteroatoms. The van der Waals surface area contributed by atoms with Gasteiger partial charge in [-0.3, -0.25) is 4.79 Å². The zero-order valence-electron chi connectivity index (χ0n) is 14.4. The lowest BCUT2D eigenvalue weighted by Crippen LogP contribution is -2.15. The number of alkyl halides is 1. The number of hydrogen-bond donors (Lipinski definition) is 1. The van der Waals surface area contributed by atoms with Gasteiger partial charge in [0, 0.05) is 11.6 Å². The van der Waals surface area contributed by atoms with Crippen molar-refractivity contribution in [1.82, 2.24) is 9.78 Å². The van der Waals surface area contributed by atoms with Gasteiger partial charge in [0.2, 0.25) is 5.91 Å². The van der Waals surface area contributed by atoms with Gasteiger partial charge < -0.3 is 5.32 Å². The maximum Gasteiger partial charge on any atom is 0.240 e. The second kappa shape index (κ2) is 7.34. The fourth-order valence-electron chi connectivity index (χ4n) is 3.45. The van der Waals surface area contributed by atoms with Crippen LogP contribution in [0.2, 0.25) is 0 Å². The number of amides is 1. The maximum atomic E-state index is 11.8. The Hall–Kier alpha value is -2.59. The molecular weight excluding hydrogens is 346 g/mol. The Bertz CT molecular complexity index is 934. The first-order valence-electron chi connectivity index (χ1n) is 8.88. The molecule has 132 valence electrons. The highest BCUT2D eigenvalue weighted by molar-refractivity contribution is 6.29. The molecule has 4 nitrogen and oxygen atoms in total. The van der Waals surface area contributed by atoms with Gasteiger partial charge in [0.1, 0.15) is 11.7 Å². The third kappa shape index (κ3) is 3.37. The molecule has 1 N–H and O–H groups in total. The van der Waals surface area contributed by atoms with Crippen molar-refractivity contribution in [2.24, 2.45) is 0 Å². The van der Waals surface area contributed by atoms with Crippen LogP contribution in [0.5, 0.6) is 0 Å². The van der Waals surface area contributed by atoms with Crippen LogP contribution < -0.4 is 5.32 Å². The molecule has 1 heterocycles. The second-order valence-electron chi connectivity index (χ2n) is 6.53. The standard InChI is InChI=1S/C21H20ClN3O/c22-14-21(26)23-20-13-19(24-25(20)18-8-2-1-3-9-18)17-11-10-15-6-4-5-7-16(15)12-17/h1-3,8-13H,4-7,14H2,(H,23,26). The third-order valence-corrected chi connectivity index (χ3v) is 4.99. The van der Waals surface area contributed by atoms with Crippen molar-refractivity contribution >= 4 is 23.3 Å². The molecule has 0 atom stereocenters. The summed E-state index contributed by atoms with van der Waals surface area (Å²) in [5.74, 6) is 0.282. The minimum Gasteiger partial charge on any atom is -0.310 e. The number of nitrogens with one attached hydrogen (secondary N) is 1. The van der Waals surface area contributed by atoms with E-state index >= 15 is 0 Å². The number of hydrogen-bond acceptors (Lipinski definition) is 2. The van der Waals surface area contributed by atoms with Gasteiger partial charge in [-0.05, 0) is 55.0 Å². The van der Waals surface area contributed by atoms with Crippen LogP contribution in [0.15, 0.2) is 54.6 Å². The highest BCUT2D eigenvalue weighted by atomic mass is 35.5. The Kier molecular flexibility index (Phi) is 4.76. The van der Waals surface area contributed by atoms with Crippen LogP contribution in [0.1, 0.15) is 24.0 Å². The summed E-state index contributed by atoms with van der Waals surface area (Å²) in [6, 6.07) is 18.2. The van der Waals surface area contributed by atoms with Crippen molar-refractivity contribution in [2.45, 2.75) is 25.7 Å². The summed E-state index contributed by atoms with van der Waals surface area (Å²) >= 11 is 5.66. The molecule has 0 saturated heterocycles. The van der Waals surface area contributed by atoms with Gasteiger partial charge in [-0.2, -0.15) is 5.10 Å². The number of nitrogens with zero attached hydrogens (tertiary/aromatic N) is 2. The molecule has 1 aromatic heterocycles. The van der Waals surface area contributed by atoms with Crippen molar-refractivity contribution in [3.05, 3.63) is 65.7 Å². The number of halogens is 1. The summed E-state index contributed by atoms with van der Waals surface area (Å²) in [6.07, 6.45) is 4.79. The Morgan fingerprint density at radius 3 is 2.58 bits per heavy atom. The molecule has 0 fully saturated rings. The molecule has 0 bridgehead atoms. The van der Waals surface area contributed by atoms with Gasteiger partial charge in [0.05, 0.1) is 11.4 Å². The van der Waals surface area contributed by atoms with E-state index in [0.717, 1.165) is 29.8 Å². The fourth-order valence-corrected chi connectivity index (χ4v) is 3.51. The molecule has 3 aromatic rings. The van der Waals surface area contributed by atoms with E-state index in [9.17, 15) is 4.79 Å². The van der Waals surface area contributed by atoms with E-state index in [-0.39, 0.29) is 11.8 Å². The Morgan fingerprint density at radius 1 is 1.04 bits per heavy atom. The number of carbonyl (C=O) groups excluding carboxylic acids is 1. The van der Waals surface area contributed by atoms with Gasteiger partial charge in [-0.1, -0.05) is 30.3 Å². The molecule has 0 aliphatic heterocycles. The van der Waals surface area contributed by atoms with Crippen LogP contribution in [0, 0.1) is 0 Å². The molecule has 2 aromatic carbocycles. The van der Waals surface area contributed by atoms with Gasteiger partial charge in [0.15, 0.2) is 0 Å². The first-order valence-corrected chi connectivity index (χ1v) is 9.41. The van der Waals surface area contributed by atoms with Gasteiger partial charge in [0.25, 0.3) is 0 Å². The average Bonchev–Trinajstić information content (AvgIpc) is 3.12. The van der Waals surface area contributed by atoms with E-state index < -0.39 is 0 Å². The number of anilines is 1. The largest absolute Gasteiger partial charge is 0.310 e. The highest BCUT2D eigenvalue weighted by Crippen LogP contribution is 2.29. The number of aryl methyl sites for hydroxylation is 2. The van der Waals surface area contributed by atoms with E-state index in [1.807, 2.05) is 36.4 Å². The second-order valence-corrected chi connectivity index (χ2v) is 6.80. The Labute approximate surface area is 157 Å². The molecule has 0 radical (unpaired) electrons. The number of fused-ring (bicyclic) bond motifs is 1. The number of aromatic nitrogens is 2. The topological polar surface area (TPSA) is 46.9 Å². The van der Waals surface area contributed by atoms with Crippen molar-refractivity contribution in [1.29, 1.82) is 0 Å². The van der Waals surface area contributed by atoms with Crippen molar-refractivity contribution in [3.63, 3.8) is 0 Å². The molecule has 0 saturated carbocycles. The molecule has 1 amide bonds. The summed E-state index contributed by atoms with van der Waals surface area (Å²) in [7, 11) is 0. The van der Waals surface area contributed by atoms with Crippen molar-refractivity contribution in [3.8, 4) is 16.9 Å². The summed E-state index contributed by atoms with van der Waals surface area (Å²) in [6.45, 7) is 0. The normalized spacial score (nSPS) is 13.3. The minimum atomic E-state index is -0.249. The Balaban J connectivity index is 1.76. The number of benzene rings is 2. The van der Waals surface area contributed by atoms with Gasteiger partial charge in [-0.15, -0.1) is 11.6 Å². The zero-order chi connectivity index (χ0) is 17.9. The predicted octanol–water partition coefficient (Wildman–Crippen LogP) is 4.60. The molecule has 1 aliphatic rings. The van der Waals surface area contributed by atoms with Gasteiger partial charge in [-0.25, -0.2) is 4.68 Å². The smallest absolute Gasteiger partial charge is 0.240 e. The first-order chi connectivity index (χ1) is 12.7. The van der Waals surface area contributed by atoms with Crippen molar-refractivity contribution in [2.75, 3.05) is 11.2 Å². The van der Waals surface area contributed by atoms with Crippen LogP contribution in [0.25, 0.3) is 16.9 Å². The minimum absolute atomic E-state index is 0.0891. The lowest BCUT2D eigenvalue weighted by molar-refractivity contribution is -0.114. The number of para-hydroxylation sites is 1. The lowest BCUT2D eigenvalue weighted by atomic mass is 9.90. The lowest BCUT2D eigenvalue weighted by Gasteiger charge is -2.16. The number of rotatable bonds is 4. The van der Waals surface area contributed by atoms with E-state index in [0.29, 0.717) is 5.82 Å². The highest BCUT2D eigenvalue weighted by Gasteiger charge is 2.15. The molecule has 1 aliphatic carbocycles. The van der Waals surface area contributed by atoms with Crippen LogP contribution in [-0.2, 0) is 17.6 Å². The fraction of sp³-hybridized carbons (Fsp3) is 0.238. The SMILES string of the molecule is O=C(CCl)Nc1cc(-c2ccc3c(c2)CCCC3)nn1-c1ccccc1. The molecule has 0 unspecified atom stereocenters. The molecule has 0 spiro atoms. The van der Waals surface area contributed by atoms with Crippen LogP contribution in [0.4, 0.5) is 5.82 Å². The zero-order valence-corrected chi connectivity index (χ0v) is 15.2. The van der Waals surface area contributed by atoms with E-state index in [4.69, 9.17) is 16.7 Å². The average molecular weight is 366 g/mol. The molecule has 4 rings (SSSR count). The summed E-state index contributed by atoms with van der Waals surface area (Å²) in [5.41, 5.74) is 5.66. The summed E-state index contributed by atoms with van der Waals surface area (Å²) in [4.78, 5) is 11.8. The molecule has 26 heavy (non-hydrogen) atoms. The van der Waals surface area contributed by atoms with Crippen LogP contribution in [0.3, 0.4) is 0 Å². The van der Waals surface area contributed by atoms with Gasteiger partial charge >= 0.3 is 0 Å². The van der Waals surface area contributed by atoms with E-state index in [2.05, 4.69) is 23.5 Å². The third-order valence-electron chi connectivity index (χ3n) is 4.74. The number of carbonyl (C=O) groups is 1. The van der Waals surface area contributed by atoms with Crippen molar-refractivity contribution < 1.29 is 4.79 Å². The summed E-state index contributed by atoms with van der Waals surface area (Å²) < 4.78 is 1.75. The van der Waals surface area contributed by atoms with Crippen LogP contribution >= 0.6 is 11.6 Å². The van der Waals surface area contributed by atoms with Crippen LogP contribution in [-0.4, -0.2) is 21.6 Å². The monoisotopic (exact) mass is 365 g/mol. The summed E-state index contributed by atoms with van der Waals surface area (Å²) in [5, 5.41) is 7.59. The van der Waals surface area contributed by atoms with E-state index in [1.54, 1.807) is 4.68 Å². The van der Waals surface area contributed by atoms with E-state index in [1.165, 1.54) is 24.0 Å². The predicted molar refractivity (Wildman–Crippen MR) is 105 cm³/mol. The quantitative estimate of drug-likeness (QED) is 0.687.